The van der Waals surface area contributed by atoms with Crippen LogP contribution in [0, 0.1) is 0 Å². The molecule has 0 amide bonds. The Balaban J connectivity index is 3.72. The number of carbonyl (C=O) groups is 1. The highest BCUT2D eigenvalue weighted by Gasteiger charge is 2.15. The van der Waals surface area contributed by atoms with Gasteiger partial charge in [0.2, 0.25) is 0 Å². The third-order valence-electron chi connectivity index (χ3n) is 1.02. The molecule has 0 unspecified atom stereocenters. The lowest BCUT2D eigenvalue weighted by molar-refractivity contribution is -0.140. The Hall–Kier alpha value is -0.610. The predicted molar refractivity (Wildman–Crippen MR) is 36.8 cm³/mol. The second-order valence-corrected chi connectivity index (χ2v) is 2.39. The quantitative estimate of drug-likeness (QED) is 0.498. The Labute approximate surface area is 59.9 Å². The number of carboxylic acid groups (broad SMARTS) is 1. The van der Waals surface area contributed by atoms with Crippen LogP contribution in [-0.4, -0.2) is 34.9 Å². The number of rotatable bonds is 4. The van der Waals surface area contributed by atoms with E-state index in [1.54, 1.807) is 0 Å². The summed E-state index contributed by atoms with van der Waals surface area (Å²) in [5, 5.41) is 19.6. The van der Waals surface area contributed by atoms with Gasteiger partial charge in [-0.05, 0) is 0 Å². The van der Waals surface area contributed by atoms with Crippen LogP contribution in [0.2, 0.25) is 0 Å². The van der Waals surface area contributed by atoms with Crippen LogP contribution in [0.4, 0.5) is 0 Å². The predicted octanol–water partition coefficient (Wildman–Crippen LogP) is -0.570. The number of hydrogen-bond acceptors (Lipinski definition) is 3. The van der Waals surface area contributed by atoms with Gasteiger partial charge in [-0.2, -0.15) is 0 Å². The smallest absolute Gasteiger partial charge is 0.323 e. The number of aliphatic carboxylic acids is 1. The van der Waals surface area contributed by atoms with Gasteiger partial charge in [-0.15, -0.1) is 0 Å². The molecule has 0 heterocycles. The van der Waals surface area contributed by atoms with Crippen LogP contribution in [0.15, 0.2) is 0 Å². The van der Waals surface area contributed by atoms with Crippen molar-refractivity contribution in [3.05, 3.63) is 0 Å². The molecule has 0 saturated carbocycles. The van der Waals surface area contributed by atoms with E-state index in [4.69, 9.17) is 10.2 Å². The van der Waals surface area contributed by atoms with Gasteiger partial charge in [-0.1, -0.05) is 13.8 Å². The molecule has 0 aliphatic rings. The fourth-order valence-electron chi connectivity index (χ4n) is 0.604. The van der Waals surface area contributed by atoms with Crippen molar-refractivity contribution in [1.29, 1.82) is 0 Å². The van der Waals surface area contributed by atoms with Gasteiger partial charge in [-0.3, -0.25) is 4.79 Å². The van der Waals surface area contributed by atoms with Gasteiger partial charge in [0.1, 0.15) is 6.04 Å². The first-order valence-electron chi connectivity index (χ1n) is 3.17. The van der Waals surface area contributed by atoms with Crippen molar-refractivity contribution in [3.8, 4) is 0 Å². The third kappa shape index (κ3) is 3.42. The lowest BCUT2D eigenvalue weighted by atomic mass is 10.3. The average molecular weight is 147 g/mol. The summed E-state index contributed by atoms with van der Waals surface area (Å²) in [5.74, 6) is -1.02. The zero-order chi connectivity index (χ0) is 8.15. The van der Waals surface area contributed by atoms with Crippen molar-refractivity contribution < 1.29 is 15.0 Å². The fraction of sp³-hybridized carbons (Fsp3) is 0.833. The maximum atomic E-state index is 10.2. The minimum atomic E-state index is -1.02. The molecule has 10 heavy (non-hydrogen) atoms. The monoisotopic (exact) mass is 147 g/mol. The van der Waals surface area contributed by atoms with Crippen LogP contribution in [0.1, 0.15) is 13.8 Å². The Morgan fingerprint density at radius 1 is 1.60 bits per heavy atom. The molecule has 0 saturated heterocycles. The highest BCUT2D eigenvalue weighted by atomic mass is 16.4. The molecule has 0 rings (SSSR count). The first-order valence-corrected chi connectivity index (χ1v) is 3.17. The zero-order valence-electron chi connectivity index (χ0n) is 6.16. The standard InChI is InChI=1S/C6H13NO3/c1-4(2)7-5(3-8)6(9)10/h4-5,7-8H,3H2,1-2H3,(H,9,10)/t5-/m0/s1. The summed E-state index contributed by atoms with van der Waals surface area (Å²) >= 11 is 0. The lowest BCUT2D eigenvalue weighted by Crippen LogP contribution is -2.43. The normalized spacial score (nSPS) is 13.6. The fourth-order valence-corrected chi connectivity index (χ4v) is 0.604. The molecule has 0 aliphatic heterocycles. The summed E-state index contributed by atoms with van der Waals surface area (Å²) in [6, 6.07) is -0.756. The van der Waals surface area contributed by atoms with Gasteiger partial charge >= 0.3 is 5.97 Å². The Morgan fingerprint density at radius 2 is 2.10 bits per heavy atom. The van der Waals surface area contributed by atoms with Crippen molar-refractivity contribution >= 4 is 5.97 Å². The summed E-state index contributed by atoms with van der Waals surface area (Å²) in [5.41, 5.74) is 0. The third-order valence-corrected chi connectivity index (χ3v) is 1.02. The van der Waals surface area contributed by atoms with E-state index in [2.05, 4.69) is 5.32 Å². The van der Waals surface area contributed by atoms with Gasteiger partial charge in [0.25, 0.3) is 0 Å². The first-order chi connectivity index (χ1) is 4.57. The van der Waals surface area contributed by atoms with E-state index >= 15 is 0 Å². The van der Waals surface area contributed by atoms with Crippen LogP contribution in [0.5, 0.6) is 0 Å². The van der Waals surface area contributed by atoms with Crippen molar-refractivity contribution in [3.63, 3.8) is 0 Å². The minimum Gasteiger partial charge on any atom is -0.480 e. The van der Waals surface area contributed by atoms with Crippen LogP contribution in [-0.2, 0) is 4.79 Å². The topological polar surface area (TPSA) is 69.6 Å². The molecule has 4 heteroatoms. The number of carboxylic acids is 1. The van der Waals surface area contributed by atoms with Gasteiger partial charge < -0.3 is 15.5 Å². The van der Waals surface area contributed by atoms with Crippen molar-refractivity contribution in [2.24, 2.45) is 0 Å². The lowest BCUT2D eigenvalue weighted by Gasteiger charge is -2.13. The van der Waals surface area contributed by atoms with E-state index in [0.29, 0.717) is 0 Å². The minimum absolute atomic E-state index is 0.0771. The largest absolute Gasteiger partial charge is 0.480 e. The molecular weight excluding hydrogens is 134 g/mol. The van der Waals surface area contributed by atoms with E-state index in [1.165, 1.54) is 0 Å². The van der Waals surface area contributed by atoms with E-state index in [9.17, 15) is 4.79 Å². The summed E-state index contributed by atoms with van der Waals surface area (Å²) in [6.07, 6.45) is 0. The van der Waals surface area contributed by atoms with Gasteiger partial charge in [-0.25, -0.2) is 0 Å². The van der Waals surface area contributed by atoms with Crippen LogP contribution >= 0.6 is 0 Å². The zero-order valence-corrected chi connectivity index (χ0v) is 6.16. The highest BCUT2D eigenvalue weighted by molar-refractivity contribution is 5.73. The molecule has 0 aromatic heterocycles. The van der Waals surface area contributed by atoms with Gasteiger partial charge in [0.15, 0.2) is 0 Å². The molecule has 0 bridgehead atoms. The Morgan fingerprint density at radius 3 is 2.20 bits per heavy atom. The van der Waals surface area contributed by atoms with Crippen molar-refractivity contribution in [2.45, 2.75) is 25.9 Å². The van der Waals surface area contributed by atoms with Crippen LogP contribution in [0.3, 0.4) is 0 Å². The number of aliphatic hydroxyl groups is 1. The second-order valence-electron chi connectivity index (χ2n) is 2.39. The maximum Gasteiger partial charge on any atom is 0.323 e. The van der Waals surface area contributed by atoms with Crippen molar-refractivity contribution in [2.75, 3.05) is 6.61 Å². The summed E-state index contributed by atoms with van der Waals surface area (Å²) in [6.45, 7) is 3.28. The number of hydrogen-bond donors (Lipinski definition) is 3. The average Bonchev–Trinajstić information content (AvgIpc) is 1.81. The summed E-state index contributed by atoms with van der Waals surface area (Å²) < 4.78 is 0. The molecule has 0 aliphatic carbocycles. The molecule has 4 nitrogen and oxygen atoms in total. The maximum absolute atomic E-state index is 10.2. The Bertz CT molecular complexity index is 114. The highest BCUT2D eigenvalue weighted by Crippen LogP contribution is 1.85. The van der Waals surface area contributed by atoms with E-state index in [1.807, 2.05) is 13.8 Å². The molecule has 1 atom stereocenters. The second kappa shape index (κ2) is 4.24. The molecule has 0 radical (unpaired) electrons. The molecular formula is C6H13NO3. The molecule has 0 aromatic rings. The van der Waals surface area contributed by atoms with E-state index in [0.717, 1.165) is 0 Å². The molecule has 3 N–H and O–H groups in total. The number of aliphatic hydroxyl groups excluding tert-OH is 1. The summed E-state index contributed by atoms with van der Waals surface area (Å²) in [7, 11) is 0. The van der Waals surface area contributed by atoms with Crippen LogP contribution < -0.4 is 5.32 Å². The first kappa shape index (κ1) is 9.39. The van der Waals surface area contributed by atoms with E-state index in [-0.39, 0.29) is 12.6 Å². The Kier molecular flexibility index (Phi) is 3.99. The molecule has 0 aromatic carbocycles. The van der Waals surface area contributed by atoms with Gasteiger partial charge in [0.05, 0.1) is 6.61 Å². The van der Waals surface area contributed by atoms with E-state index < -0.39 is 12.0 Å². The van der Waals surface area contributed by atoms with Crippen LogP contribution in [0.25, 0.3) is 0 Å². The SMILES string of the molecule is CC(C)N[C@@H](CO)C(=O)O. The van der Waals surface area contributed by atoms with Gasteiger partial charge in [0, 0.05) is 6.04 Å². The number of nitrogens with one attached hydrogen (secondary N) is 1. The molecule has 0 spiro atoms. The summed E-state index contributed by atoms with van der Waals surface area (Å²) in [4.78, 5) is 10.2. The van der Waals surface area contributed by atoms with Crippen molar-refractivity contribution in [1.82, 2.24) is 5.32 Å². The molecule has 0 fully saturated rings. The molecule has 60 valence electrons.